The van der Waals surface area contributed by atoms with Gasteiger partial charge in [-0.15, -0.1) is 11.3 Å². The van der Waals surface area contributed by atoms with Gasteiger partial charge in [-0.3, -0.25) is 14.8 Å². The van der Waals surface area contributed by atoms with Crippen molar-refractivity contribution >= 4 is 22.4 Å². The summed E-state index contributed by atoms with van der Waals surface area (Å²) >= 11 is 1.64. The Morgan fingerprint density at radius 1 is 1.17 bits per heavy atom. The number of nitrogens with zero attached hydrogens (tertiary/aromatic N) is 3. The summed E-state index contributed by atoms with van der Waals surface area (Å²) in [5.41, 5.74) is 1.84. The van der Waals surface area contributed by atoms with Crippen molar-refractivity contribution in [3.05, 3.63) is 28.5 Å². The van der Waals surface area contributed by atoms with E-state index in [4.69, 9.17) is 0 Å². The monoisotopic (exact) mass is 330 g/mol. The average Bonchev–Trinajstić information content (AvgIpc) is 3.25. The molecule has 5 nitrogen and oxygen atoms in total. The Morgan fingerprint density at radius 3 is 2.87 bits per heavy atom. The Bertz CT molecular complexity index is 676. The molecule has 0 atom stereocenters. The maximum absolute atomic E-state index is 12.6. The second kappa shape index (κ2) is 6.43. The highest BCUT2D eigenvalue weighted by atomic mass is 32.1. The molecule has 0 unspecified atom stereocenters. The van der Waals surface area contributed by atoms with Crippen molar-refractivity contribution < 1.29 is 4.79 Å². The summed E-state index contributed by atoms with van der Waals surface area (Å²) in [7, 11) is 0. The predicted octanol–water partition coefficient (Wildman–Crippen LogP) is 3.98. The SMILES string of the molecule is O=C(Nc1nc2c(s1)CCCCC2)c1ccnn1C1CCCC1. The molecule has 1 N–H and O–H groups in total. The Labute approximate surface area is 140 Å². The zero-order valence-electron chi connectivity index (χ0n) is 13.3. The first-order valence-electron chi connectivity index (χ1n) is 8.65. The van der Waals surface area contributed by atoms with Gasteiger partial charge in [-0.1, -0.05) is 19.3 Å². The van der Waals surface area contributed by atoms with Gasteiger partial charge in [0.15, 0.2) is 5.13 Å². The topological polar surface area (TPSA) is 59.8 Å². The van der Waals surface area contributed by atoms with Crippen LogP contribution in [0, 0.1) is 0 Å². The summed E-state index contributed by atoms with van der Waals surface area (Å²) in [4.78, 5) is 18.6. The van der Waals surface area contributed by atoms with Crippen LogP contribution in [-0.2, 0) is 12.8 Å². The molecule has 2 aromatic rings. The van der Waals surface area contributed by atoms with Gasteiger partial charge in [0.2, 0.25) is 0 Å². The Balaban J connectivity index is 1.51. The van der Waals surface area contributed by atoms with Crippen LogP contribution >= 0.6 is 11.3 Å². The van der Waals surface area contributed by atoms with E-state index < -0.39 is 0 Å². The van der Waals surface area contributed by atoms with Crippen LogP contribution in [0.2, 0.25) is 0 Å². The highest BCUT2D eigenvalue weighted by molar-refractivity contribution is 7.15. The number of nitrogens with one attached hydrogen (secondary N) is 1. The van der Waals surface area contributed by atoms with Gasteiger partial charge in [0, 0.05) is 11.1 Å². The lowest BCUT2D eigenvalue weighted by atomic mass is 10.2. The molecular formula is C17H22N4OS. The number of thiazole rings is 1. The van der Waals surface area contributed by atoms with E-state index in [-0.39, 0.29) is 5.91 Å². The summed E-state index contributed by atoms with van der Waals surface area (Å²) < 4.78 is 1.90. The molecule has 1 amide bonds. The lowest BCUT2D eigenvalue weighted by Crippen LogP contribution is -2.20. The molecule has 2 aromatic heterocycles. The number of fused-ring (bicyclic) bond motifs is 1. The first-order valence-corrected chi connectivity index (χ1v) is 9.46. The van der Waals surface area contributed by atoms with Crippen LogP contribution in [0.5, 0.6) is 0 Å². The van der Waals surface area contributed by atoms with Crippen LogP contribution in [0.3, 0.4) is 0 Å². The molecule has 0 spiro atoms. The van der Waals surface area contributed by atoms with Crippen LogP contribution in [0.25, 0.3) is 0 Å². The lowest BCUT2D eigenvalue weighted by Gasteiger charge is -2.13. The van der Waals surface area contributed by atoms with Gasteiger partial charge in [0.1, 0.15) is 5.69 Å². The van der Waals surface area contributed by atoms with Crippen molar-refractivity contribution in [2.45, 2.75) is 63.8 Å². The maximum atomic E-state index is 12.6. The molecule has 6 heteroatoms. The highest BCUT2D eigenvalue weighted by Crippen LogP contribution is 2.31. The van der Waals surface area contributed by atoms with Gasteiger partial charge in [-0.05, 0) is 44.6 Å². The van der Waals surface area contributed by atoms with Crippen LogP contribution in [0.15, 0.2) is 12.3 Å². The Morgan fingerprint density at radius 2 is 2.00 bits per heavy atom. The largest absolute Gasteiger partial charge is 0.296 e. The minimum atomic E-state index is -0.0849. The van der Waals surface area contributed by atoms with Gasteiger partial charge in [0.25, 0.3) is 5.91 Å². The van der Waals surface area contributed by atoms with E-state index in [1.54, 1.807) is 17.5 Å². The van der Waals surface area contributed by atoms with E-state index in [9.17, 15) is 4.79 Å². The van der Waals surface area contributed by atoms with Crippen molar-refractivity contribution in [3.8, 4) is 0 Å². The zero-order valence-corrected chi connectivity index (χ0v) is 14.1. The van der Waals surface area contributed by atoms with E-state index in [0.29, 0.717) is 11.7 Å². The van der Waals surface area contributed by atoms with Crippen LogP contribution in [-0.4, -0.2) is 20.7 Å². The molecule has 122 valence electrons. The van der Waals surface area contributed by atoms with E-state index >= 15 is 0 Å². The molecule has 0 saturated heterocycles. The lowest BCUT2D eigenvalue weighted by molar-refractivity contribution is 0.101. The van der Waals surface area contributed by atoms with Gasteiger partial charge in [0.05, 0.1) is 11.7 Å². The predicted molar refractivity (Wildman–Crippen MR) is 91.1 cm³/mol. The van der Waals surface area contributed by atoms with Crippen molar-refractivity contribution in [2.75, 3.05) is 5.32 Å². The van der Waals surface area contributed by atoms with Crippen LogP contribution < -0.4 is 5.32 Å². The Kier molecular flexibility index (Phi) is 4.16. The molecule has 2 heterocycles. The van der Waals surface area contributed by atoms with Crippen molar-refractivity contribution in [1.82, 2.24) is 14.8 Å². The number of carbonyl (C=O) groups is 1. The fourth-order valence-electron chi connectivity index (χ4n) is 3.68. The third-order valence-corrected chi connectivity index (χ3v) is 5.96. The van der Waals surface area contributed by atoms with Gasteiger partial charge in [-0.2, -0.15) is 5.10 Å². The molecule has 4 rings (SSSR count). The number of aromatic nitrogens is 3. The number of hydrogen-bond acceptors (Lipinski definition) is 4. The van der Waals surface area contributed by atoms with E-state index in [0.717, 1.165) is 30.8 Å². The molecule has 0 bridgehead atoms. The first-order chi connectivity index (χ1) is 11.3. The molecule has 0 aromatic carbocycles. The van der Waals surface area contributed by atoms with Crippen molar-refractivity contribution in [3.63, 3.8) is 0 Å². The molecular weight excluding hydrogens is 308 g/mol. The molecule has 2 aliphatic carbocycles. The fourth-order valence-corrected chi connectivity index (χ4v) is 4.72. The second-order valence-corrected chi connectivity index (χ2v) is 7.59. The van der Waals surface area contributed by atoms with E-state index in [1.807, 2.05) is 10.7 Å². The van der Waals surface area contributed by atoms with Crippen LogP contribution in [0.1, 0.15) is 72.0 Å². The molecule has 1 fully saturated rings. The summed E-state index contributed by atoms with van der Waals surface area (Å²) in [5, 5.41) is 8.11. The highest BCUT2D eigenvalue weighted by Gasteiger charge is 2.23. The van der Waals surface area contributed by atoms with Gasteiger partial charge < -0.3 is 0 Å². The number of anilines is 1. The maximum Gasteiger partial charge on any atom is 0.275 e. The number of amides is 1. The summed E-state index contributed by atoms with van der Waals surface area (Å²) in [6, 6.07) is 2.19. The third kappa shape index (κ3) is 3.04. The molecule has 0 aliphatic heterocycles. The normalized spacial score (nSPS) is 18.6. The van der Waals surface area contributed by atoms with Gasteiger partial charge in [-0.25, -0.2) is 4.98 Å². The van der Waals surface area contributed by atoms with E-state index in [1.165, 1.54) is 42.7 Å². The molecule has 23 heavy (non-hydrogen) atoms. The minimum absolute atomic E-state index is 0.0849. The molecule has 1 saturated carbocycles. The number of aryl methyl sites for hydroxylation is 2. The van der Waals surface area contributed by atoms with Crippen LogP contribution in [0.4, 0.5) is 5.13 Å². The quantitative estimate of drug-likeness (QED) is 0.866. The van der Waals surface area contributed by atoms with Crippen molar-refractivity contribution in [1.29, 1.82) is 0 Å². The average molecular weight is 330 g/mol. The summed E-state index contributed by atoms with van der Waals surface area (Å²) in [5.74, 6) is -0.0849. The number of rotatable bonds is 3. The minimum Gasteiger partial charge on any atom is -0.296 e. The zero-order chi connectivity index (χ0) is 15.6. The van der Waals surface area contributed by atoms with Crippen molar-refractivity contribution in [2.24, 2.45) is 0 Å². The van der Waals surface area contributed by atoms with Gasteiger partial charge >= 0.3 is 0 Å². The smallest absolute Gasteiger partial charge is 0.275 e. The molecule has 2 aliphatic rings. The number of hydrogen-bond donors (Lipinski definition) is 1. The first kappa shape index (κ1) is 14.9. The van der Waals surface area contributed by atoms with E-state index in [2.05, 4.69) is 15.4 Å². The summed E-state index contributed by atoms with van der Waals surface area (Å²) in [6.07, 6.45) is 12.3. The number of carbonyl (C=O) groups excluding carboxylic acids is 1. The standard InChI is InChI=1S/C17H22N4OS/c22-16(14-10-11-18-21(14)12-6-4-5-7-12)20-17-19-13-8-2-1-3-9-15(13)23-17/h10-12H,1-9H2,(H,19,20,22). The summed E-state index contributed by atoms with van der Waals surface area (Å²) in [6.45, 7) is 0. The molecule has 0 radical (unpaired) electrons. The fraction of sp³-hybridized carbons (Fsp3) is 0.588. The second-order valence-electron chi connectivity index (χ2n) is 6.50. The third-order valence-electron chi connectivity index (χ3n) is 4.89. The Hall–Kier alpha value is -1.69.